The Kier molecular flexibility index (Phi) is 7.16. The van der Waals surface area contributed by atoms with Crippen LogP contribution in [-0.2, 0) is 4.79 Å². The van der Waals surface area contributed by atoms with Gasteiger partial charge in [-0.1, -0.05) is 26.2 Å². The van der Waals surface area contributed by atoms with E-state index in [0.717, 1.165) is 31.6 Å². The highest BCUT2D eigenvalue weighted by atomic mass is 35.5. The highest BCUT2D eigenvalue weighted by Gasteiger charge is 2.32. The van der Waals surface area contributed by atoms with Crippen molar-refractivity contribution in [1.29, 1.82) is 0 Å². The van der Waals surface area contributed by atoms with Crippen LogP contribution in [0.5, 0.6) is 0 Å². The summed E-state index contributed by atoms with van der Waals surface area (Å²) in [5, 5.41) is 3.32. The SMILES string of the molecule is CCCCC(NC(=O)C1CCC(N)C1)C1CCC1.Cl. The number of carbonyl (C=O) groups excluding carboxylic acids is 1. The van der Waals surface area contributed by atoms with Crippen LogP contribution in [0.3, 0.4) is 0 Å². The van der Waals surface area contributed by atoms with Crippen LogP contribution in [0.2, 0.25) is 0 Å². The van der Waals surface area contributed by atoms with E-state index in [-0.39, 0.29) is 30.3 Å². The van der Waals surface area contributed by atoms with Crippen LogP contribution in [0.25, 0.3) is 0 Å². The van der Waals surface area contributed by atoms with Crippen molar-refractivity contribution in [3.8, 4) is 0 Å². The lowest BCUT2D eigenvalue weighted by Crippen LogP contribution is -2.45. The molecule has 2 fully saturated rings. The second-order valence-electron chi connectivity index (χ2n) is 6.22. The van der Waals surface area contributed by atoms with Crippen LogP contribution in [0.1, 0.15) is 64.7 Å². The zero-order valence-electron chi connectivity index (χ0n) is 12.1. The van der Waals surface area contributed by atoms with Gasteiger partial charge in [0, 0.05) is 18.0 Å². The molecule has 3 atom stereocenters. The molecule has 2 aliphatic rings. The van der Waals surface area contributed by atoms with E-state index in [2.05, 4.69) is 12.2 Å². The Hall–Kier alpha value is -0.280. The van der Waals surface area contributed by atoms with Gasteiger partial charge in [0.1, 0.15) is 0 Å². The van der Waals surface area contributed by atoms with Gasteiger partial charge >= 0.3 is 0 Å². The zero-order valence-corrected chi connectivity index (χ0v) is 12.9. The number of carbonyl (C=O) groups is 1. The van der Waals surface area contributed by atoms with E-state index >= 15 is 0 Å². The van der Waals surface area contributed by atoms with Crippen LogP contribution in [0, 0.1) is 11.8 Å². The van der Waals surface area contributed by atoms with Gasteiger partial charge in [0.2, 0.25) is 5.91 Å². The van der Waals surface area contributed by atoms with Gasteiger partial charge in [-0.05, 0) is 44.4 Å². The van der Waals surface area contributed by atoms with Gasteiger partial charge in [0.25, 0.3) is 0 Å². The summed E-state index contributed by atoms with van der Waals surface area (Å²) < 4.78 is 0. The lowest BCUT2D eigenvalue weighted by atomic mass is 9.78. The maximum atomic E-state index is 12.2. The third-order valence-electron chi connectivity index (χ3n) is 4.76. The van der Waals surface area contributed by atoms with Gasteiger partial charge in [-0.15, -0.1) is 12.4 Å². The zero-order chi connectivity index (χ0) is 13.0. The van der Waals surface area contributed by atoms with Crippen molar-refractivity contribution >= 4 is 18.3 Å². The summed E-state index contributed by atoms with van der Waals surface area (Å²) in [6.07, 6.45) is 10.4. The maximum Gasteiger partial charge on any atom is 0.223 e. The van der Waals surface area contributed by atoms with E-state index in [9.17, 15) is 4.79 Å². The molecular formula is C15H29ClN2O. The number of hydrogen-bond acceptors (Lipinski definition) is 2. The van der Waals surface area contributed by atoms with Gasteiger partial charge in [-0.2, -0.15) is 0 Å². The summed E-state index contributed by atoms with van der Waals surface area (Å²) in [6.45, 7) is 2.22. The standard InChI is InChI=1S/C15H28N2O.ClH/c1-2-3-7-14(11-5-4-6-11)17-15(18)12-8-9-13(16)10-12;/h11-14H,2-10,16H2,1H3,(H,17,18);1H. The Bertz CT molecular complexity index is 281. The van der Waals surface area contributed by atoms with Gasteiger partial charge < -0.3 is 11.1 Å². The summed E-state index contributed by atoms with van der Waals surface area (Å²) in [5.41, 5.74) is 5.89. The van der Waals surface area contributed by atoms with Crippen LogP contribution >= 0.6 is 12.4 Å². The smallest absolute Gasteiger partial charge is 0.223 e. The minimum atomic E-state index is 0. The van der Waals surface area contributed by atoms with Crippen molar-refractivity contribution < 1.29 is 4.79 Å². The first-order valence-electron chi connectivity index (χ1n) is 7.76. The molecule has 3 nitrogen and oxygen atoms in total. The van der Waals surface area contributed by atoms with Crippen LogP contribution in [0.15, 0.2) is 0 Å². The molecule has 2 saturated carbocycles. The van der Waals surface area contributed by atoms with E-state index in [4.69, 9.17) is 5.73 Å². The third kappa shape index (κ3) is 4.64. The van der Waals surface area contributed by atoms with Crippen LogP contribution < -0.4 is 11.1 Å². The second kappa shape index (κ2) is 8.11. The average Bonchev–Trinajstić information content (AvgIpc) is 2.70. The molecular weight excluding hydrogens is 260 g/mol. The van der Waals surface area contributed by atoms with E-state index in [1.807, 2.05) is 0 Å². The van der Waals surface area contributed by atoms with Crippen LogP contribution in [-0.4, -0.2) is 18.0 Å². The molecule has 0 aromatic rings. The molecule has 112 valence electrons. The van der Waals surface area contributed by atoms with E-state index < -0.39 is 0 Å². The van der Waals surface area contributed by atoms with Crippen molar-refractivity contribution in [1.82, 2.24) is 5.32 Å². The molecule has 2 aliphatic carbocycles. The molecule has 4 heteroatoms. The molecule has 0 radical (unpaired) electrons. The number of unbranched alkanes of at least 4 members (excludes halogenated alkanes) is 1. The molecule has 3 unspecified atom stereocenters. The molecule has 3 N–H and O–H groups in total. The second-order valence-corrected chi connectivity index (χ2v) is 6.22. The first-order chi connectivity index (χ1) is 8.70. The Labute approximate surface area is 123 Å². The molecule has 19 heavy (non-hydrogen) atoms. The minimum Gasteiger partial charge on any atom is -0.353 e. The van der Waals surface area contributed by atoms with Gasteiger partial charge in [0.15, 0.2) is 0 Å². The summed E-state index contributed by atoms with van der Waals surface area (Å²) in [5.74, 6) is 1.20. The molecule has 0 aromatic heterocycles. The van der Waals surface area contributed by atoms with E-state index in [1.54, 1.807) is 0 Å². The van der Waals surface area contributed by atoms with Gasteiger partial charge in [0.05, 0.1) is 0 Å². The van der Waals surface area contributed by atoms with E-state index in [0.29, 0.717) is 6.04 Å². The monoisotopic (exact) mass is 288 g/mol. The fourth-order valence-electron chi connectivity index (χ4n) is 3.25. The van der Waals surface area contributed by atoms with Crippen molar-refractivity contribution in [2.45, 2.75) is 76.8 Å². The van der Waals surface area contributed by atoms with Gasteiger partial charge in [-0.3, -0.25) is 4.79 Å². The van der Waals surface area contributed by atoms with Crippen molar-refractivity contribution in [3.05, 3.63) is 0 Å². The highest BCUT2D eigenvalue weighted by Crippen LogP contribution is 2.32. The molecule has 0 heterocycles. The van der Waals surface area contributed by atoms with Crippen molar-refractivity contribution in [3.63, 3.8) is 0 Å². The Morgan fingerprint density at radius 2 is 2.05 bits per heavy atom. The molecule has 1 amide bonds. The molecule has 0 spiro atoms. The summed E-state index contributed by atoms with van der Waals surface area (Å²) >= 11 is 0. The average molecular weight is 289 g/mol. The first kappa shape index (κ1) is 16.8. The van der Waals surface area contributed by atoms with Gasteiger partial charge in [-0.25, -0.2) is 0 Å². The lowest BCUT2D eigenvalue weighted by molar-refractivity contribution is -0.126. The third-order valence-corrected chi connectivity index (χ3v) is 4.76. The van der Waals surface area contributed by atoms with Crippen molar-refractivity contribution in [2.24, 2.45) is 17.6 Å². The topological polar surface area (TPSA) is 55.1 Å². The predicted molar refractivity (Wildman–Crippen MR) is 81.4 cm³/mol. The normalized spacial score (nSPS) is 28.3. The molecule has 0 bridgehead atoms. The number of nitrogens with two attached hydrogens (primary N) is 1. The fraction of sp³-hybridized carbons (Fsp3) is 0.933. The quantitative estimate of drug-likeness (QED) is 0.789. The van der Waals surface area contributed by atoms with E-state index in [1.165, 1.54) is 32.1 Å². The Balaban J connectivity index is 0.00000180. The number of halogens is 1. The number of hydrogen-bond donors (Lipinski definition) is 2. The molecule has 0 aromatic carbocycles. The van der Waals surface area contributed by atoms with Crippen LogP contribution in [0.4, 0.5) is 0 Å². The van der Waals surface area contributed by atoms with Crippen molar-refractivity contribution in [2.75, 3.05) is 0 Å². The molecule has 0 aliphatic heterocycles. The predicted octanol–water partition coefficient (Wildman–Crippen LogP) is 3.01. The minimum absolute atomic E-state index is 0. The summed E-state index contributed by atoms with van der Waals surface area (Å²) in [6, 6.07) is 0.682. The molecule has 2 rings (SSSR count). The fourth-order valence-corrected chi connectivity index (χ4v) is 3.25. The Morgan fingerprint density at radius 1 is 1.32 bits per heavy atom. The Morgan fingerprint density at radius 3 is 2.53 bits per heavy atom. The highest BCUT2D eigenvalue weighted by molar-refractivity contribution is 5.85. The number of nitrogens with one attached hydrogen (secondary N) is 1. The number of rotatable bonds is 6. The number of amides is 1. The summed E-state index contributed by atoms with van der Waals surface area (Å²) in [7, 11) is 0. The summed E-state index contributed by atoms with van der Waals surface area (Å²) in [4.78, 5) is 12.2. The molecule has 0 saturated heterocycles. The first-order valence-corrected chi connectivity index (χ1v) is 7.76. The largest absolute Gasteiger partial charge is 0.353 e. The maximum absolute atomic E-state index is 12.2. The lowest BCUT2D eigenvalue weighted by Gasteiger charge is -2.35.